The van der Waals surface area contributed by atoms with Crippen molar-refractivity contribution < 1.29 is 13.9 Å². The van der Waals surface area contributed by atoms with E-state index < -0.39 is 0 Å². The van der Waals surface area contributed by atoms with Crippen LogP contribution in [0.4, 0.5) is 4.39 Å². The van der Waals surface area contributed by atoms with Gasteiger partial charge in [-0.05, 0) is 23.8 Å². The lowest BCUT2D eigenvalue weighted by Crippen LogP contribution is -2.16. The van der Waals surface area contributed by atoms with Gasteiger partial charge in [-0.15, -0.1) is 0 Å². The summed E-state index contributed by atoms with van der Waals surface area (Å²) in [6, 6.07) is 14.1. The number of nitrogens with two attached hydrogens (primary N) is 1. The standard InChI is InChI=1S/C16H18FNO2/c1-19-14-7-4-6-12(9-14)16(10-18)20-11-13-5-2-3-8-15(13)17/h2-9,16H,10-11,18H2,1H3. The Morgan fingerprint density at radius 1 is 1.15 bits per heavy atom. The van der Waals surface area contributed by atoms with Crippen LogP contribution in [0.2, 0.25) is 0 Å². The van der Waals surface area contributed by atoms with Gasteiger partial charge in [-0.2, -0.15) is 0 Å². The molecule has 0 fully saturated rings. The molecule has 0 aliphatic heterocycles. The highest BCUT2D eigenvalue weighted by Crippen LogP contribution is 2.22. The van der Waals surface area contributed by atoms with Crippen molar-refractivity contribution in [2.75, 3.05) is 13.7 Å². The fourth-order valence-corrected chi connectivity index (χ4v) is 1.95. The first-order chi connectivity index (χ1) is 9.74. The van der Waals surface area contributed by atoms with Gasteiger partial charge in [-0.1, -0.05) is 30.3 Å². The molecule has 1 unspecified atom stereocenters. The molecule has 2 N–H and O–H groups in total. The van der Waals surface area contributed by atoms with E-state index in [2.05, 4.69) is 0 Å². The van der Waals surface area contributed by atoms with Crippen LogP contribution in [0.1, 0.15) is 17.2 Å². The molecule has 0 amide bonds. The van der Waals surface area contributed by atoms with E-state index in [-0.39, 0.29) is 18.5 Å². The Morgan fingerprint density at radius 3 is 2.65 bits per heavy atom. The topological polar surface area (TPSA) is 44.5 Å². The van der Waals surface area contributed by atoms with Crippen LogP contribution in [0.3, 0.4) is 0 Å². The maximum Gasteiger partial charge on any atom is 0.128 e. The van der Waals surface area contributed by atoms with E-state index in [4.69, 9.17) is 15.2 Å². The van der Waals surface area contributed by atoms with E-state index in [1.54, 1.807) is 25.3 Å². The van der Waals surface area contributed by atoms with E-state index >= 15 is 0 Å². The molecule has 0 aromatic heterocycles. The molecule has 0 aliphatic rings. The van der Waals surface area contributed by atoms with Crippen LogP contribution >= 0.6 is 0 Å². The zero-order valence-electron chi connectivity index (χ0n) is 11.4. The van der Waals surface area contributed by atoms with Crippen molar-refractivity contribution in [2.24, 2.45) is 5.73 Å². The number of hydrogen-bond acceptors (Lipinski definition) is 3. The average Bonchev–Trinajstić information content (AvgIpc) is 2.50. The molecule has 0 spiro atoms. The largest absolute Gasteiger partial charge is 0.497 e. The zero-order valence-corrected chi connectivity index (χ0v) is 11.4. The lowest BCUT2D eigenvalue weighted by atomic mass is 10.1. The molecule has 0 radical (unpaired) electrons. The lowest BCUT2D eigenvalue weighted by molar-refractivity contribution is 0.0439. The van der Waals surface area contributed by atoms with E-state index in [1.165, 1.54) is 6.07 Å². The van der Waals surface area contributed by atoms with Gasteiger partial charge in [0, 0.05) is 12.1 Å². The second-order valence-electron chi connectivity index (χ2n) is 4.40. The van der Waals surface area contributed by atoms with Crippen molar-refractivity contribution in [1.29, 1.82) is 0 Å². The molecule has 2 aromatic carbocycles. The van der Waals surface area contributed by atoms with E-state index in [9.17, 15) is 4.39 Å². The molecular formula is C16H18FNO2. The molecule has 0 saturated heterocycles. The summed E-state index contributed by atoms with van der Waals surface area (Å²) >= 11 is 0. The number of hydrogen-bond donors (Lipinski definition) is 1. The number of ether oxygens (including phenoxy) is 2. The summed E-state index contributed by atoms with van der Waals surface area (Å²) in [6.07, 6.45) is -0.287. The summed E-state index contributed by atoms with van der Waals surface area (Å²) in [5, 5.41) is 0. The molecule has 2 rings (SSSR count). The zero-order chi connectivity index (χ0) is 14.4. The predicted octanol–water partition coefficient (Wildman–Crippen LogP) is 3.05. The van der Waals surface area contributed by atoms with Crippen LogP contribution in [-0.4, -0.2) is 13.7 Å². The van der Waals surface area contributed by atoms with Gasteiger partial charge in [-0.3, -0.25) is 0 Å². The van der Waals surface area contributed by atoms with Crippen LogP contribution in [0, 0.1) is 5.82 Å². The molecule has 1 atom stereocenters. The minimum Gasteiger partial charge on any atom is -0.497 e. The van der Waals surface area contributed by atoms with Gasteiger partial charge in [-0.25, -0.2) is 4.39 Å². The van der Waals surface area contributed by atoms with E-state index in [0.717, 1.165) is 11.3 Å². The van der Waals surface area contributed by atoms with Crippen LogP contribution in [0.25, 0.3) is 0 Å². The molecule has 2 aromatic rings. The highest BCUT2D eigenvalue weighted by molar-refractivity contribution is 5.30. The van der Waals surface area contributed by atoms with Crippen LogP contribution in [-0.2, 0) is 11.3 Å². The van der Waals surface area contributed by atoms with Crippen LogP contribution < -0.4 is 10.5 Å². The molecule has 106 valence electrons. The molecule has 4 heteroatoms. The summed E-state index contributed by atoms with van der Waals surface area (Å²) < 4.78 is 24.4. The number of methoxy groups -OCH3 is 1. The summed E-state index contributed by atoms with van der Waals surface area (Å²) in [5.74, 6) is 0.476. The average molecular weight is 275 g/mol. The van der Waals surface area contributed by atoms with Crippen molar-refractivity contribution in [3.63, 3.8) is 0 Å². The van der Waals surface area contributed by atoms with Crippen molar-refractivity contribution in [2.45, 2.75) is 12.7 Å². The summed E-state index contributed by atoms with van der Waals surface area (Å²) in [5.41, 5.74) is 7.18. The van der Waals surface area contributed by atoms with Gasteiger partial charge in [0.2, 0.25) is 0 Å². The van der Waals surface area contributed by atoms with Crippen molar-refractivity contribution in [3.8, 4) is 5.75 Å². The van der Waals surface area contributed by atoms with Crippen LogP contribution in [0.15, 0.2) is 48.5 Å². The minimum atomic E-state index is -0.287. The third kappa shape index (κ3) is 3.56. The second-order valence-corrected chi connectivity index (χ2v) is 4.40. The van der Waals surface area contributed by atoms with Crippen molar-refractivity contribution in [3.05, 3.63) is 65.5 Å². The smallest absolute Gasteiger partial charge is 0.128 e. The number of benzene rings is 2. The lowest BCUT2D eigenvalue weighted by Gasteiger charge is -2.17. The first-order valence-corrected chi connectivity index (χ1v) is 6.43. The van der Waals surface area contributed by atoms with Gasteiger partial charge in [0.05, 0.1) is 19.8 Å². The molecule has 3 nitrogen and oxygen atoms in total. The Bertz CT molecular complexity index is 560. The maximum atomic E-state index is 13.5. The molecule has 0 bridgehead atoms. The van der Waals surface area contributed by atoms with Gasteiger partial charge in [0.25, 0.3) is 0 Å². The molecule has 0 saturated carbocycles. The summed E-state index contributed by atoms with van der Waals surface area (Å²) in [4.78, 5) is 0. The molecule has 0 aliphatic carbocycles. The Balaban J connectivity index is 2.07. The van der Waals surface area contributed by atoms with Gasteiger partial charge in [0.15, 0.2) is 0 Å². The van der Waals surface area contributed by atoms with E-state index in [0.29, 0.717) is 12.1 Å². The molecule has 0 heterocycles. The van der Waals surface area contributed by atoms with Crippen molar-refractivity contribution in [1.82, 2.24) is 0 Å². The normalized spacial score (nSPS) is 12.2. The Hall–Kier alpha value is -1.91. The van der Waals surface area contributed by atoms with Gasteiger partial charge in [0.1, 0.15) is 11.6 Å². The molecular weight excluding hydrogens is 257 g/mol. The Kier molecular flexibility index (Phi) is 5.09. The fourth-order valence-electron chi connectivity index (χ4n) is 1.95. The predicted molar refractivity (Wildman–Crippen MR) is 76.0 cm³/mol. The Labute approximate surface area is 118 Å². The third-order valence-corrected chi connectivity index (χ3v) is 3.08. The summed E-state index contributed by atoms with van der Waals surface area (Å²) in [6.45, 7) is 0.507. The second kappa shape index (κ2) is 7.03. The first kappa shape index (κ1) is 14.5. The SMILES string of the molecule is COc1cccc(C(CN)OCc2ccccc2F)c1. The van der Waals surface area contributed by atoms with E-state index in [1.807, 2.05) is 24.3 Å². The third-order valence-electron chi connectivity index (χ3n) is 3.08. The minimum absolute atomic E-state index is 0.186. The van der Waals surface area contributed by atoms with Crippen molar-refractivity contribution >= 4 is 0 Å². The highest BCUT2D eigenvalue weighted by Gasteiger charge is 2.12. The maximum absolute atomic E-state index is 13.5. The monoisotopic (exact) mass is 275 g/mol. The van der Waals surface area contributed by atoms with Crippen LogP contribution in [0.5, 0.6) is 5.75 Å². The van der Waals surface area contributed by atoms with Gasteiger partial charge >= 0.3 is 0 Å². The quantitative estimate of drug-likeness (QED) is 0.881. The molecule has 20 heavy (non-hydrogen) atoms. The fraction of sp³-hybridized carbons (Fsp3) is 0.250. The Morgan fingerprint density at radius 2 is 1.95 bits per heavy atom. The summed E-state index contributed by atoms with van der Waals surface area (Å²) in [7, 11) is 1.61. The first-order valence-electron chi connectivity index (χ1n) is 6.43. The highest BCUT2D eigenvalue weighted by atomic mass is 19.1. The number of rotatable bonds is 6. The van der Waals surface area contributed by atoms with Gasteiger partial charge < -0.3 is 15.2 Å². The number of halogens is 1.